The average Bonchev–Trinajstić information content (AvgIpc) is 2.47. The molecule has 1 aromatic carbocycles. The molecule has 0 saturated carbocycles. The van der Waals surface area contributed by atoms with E-state index in [-0.39, 0.29) is 0 Å². The van der Waals surface area contributed by atoms with Crippen molar-refractivity contribution in [2.45, 2.75) is 45.6 Å². The van der Waals surface area contributed by atoms with Crippen LogP contribution in [0.25, 0.3) is 0 Å². The van der Waals surface area contributed by atoms with Crippen LogP contribution in [0.1, 0.15) is 45.1 Å². The summed E-state index contributed by atoms with van der Waals surface area (Å²) in [5.41, 5.74) is 1.39. The highest BCUT2D eigenvalue weighted by molar-refractivity contribution is 5.79. The molecule has 0 heterocycles. The molecular formula is C16H27N3. The van der Waals surface area contributed by atoms with Gasteiger partial charge in [0.05, 0.1) is 0 Å². The Hall–Kier alpha value is -1.51. The van der Waals surface area contributed by atoms with Crippen LogP contribution >= 0.6 is 0 Å². The minimum Gasteiger partial charge on any atom is -0.356 e. The average molecular weight is 261 g/mol. The Kier molecular flexibility index (Phi) is 7.01. The smallest absolute Gasteiger partial charge is 0.191 e. The second-order valence-electron chi connectivity index (χ2n) is 4.92. The van der Waals surface area contributed by atoms with Crippen molar-refractivity contribution in [3.05, 3.63) is 35.9 Å². The van der Waals surface area contributed by atoms with Gasteiger partial charge in [-0.2, -0.15) is 0 Å². The normalized spacial score (nSPS) is 14.8. The van der Waals surface area contributed by atoms with Gasteiger partial charge in [0.15, 0.2) is 5.96 Å². The summed E-state index contributed by atoms with van der Waals surface area (Å²) in [5.74, 6) is 1.42. The molecule has 0 aliphatic rings. The van der Waals surface area contributed by atoms with E-state index in [9.17, 15) is 0 Å². The first kappa shape index (κ1) is 15.5. The second kappa shape index (κ2) is 8.57. The molecule has 1 rings (SSSR count). The number of nitrogens with zero attached hydrogens (tertiary/aromatic N) is 1. The van der Waals surface area contributed by atoms with Gasteiger partial charge in [-0.1, -0.05) is 44.2 Å². The molecular weight excluding hydrogens is 234 g/mol. The standard InChI is InChI=1S/C16H27N3/c1-5-13(3)19-16(17-4)18-12-14(6-2)15-10-8-7-9-11-15/h7-11,13-14H,5-6,12H2,1-4H3,(H2,17,18,19). The Morgan fingerprint density at radius 2 is 1.84 bits per heavy atom. The van der Waals surface area contributed by atoms with Crippen molar-refractivity contribution in [2.75, 3.05) is 13.6 Å². The van der Waals surface area contributed by atoms with Crippen LogP contribution in [0.4, 0.5) is 0 Å². The number of nitrogens with one attached hydrogen (secondary N) is 2. The summed E-state index contributed by atoms with van der Waals surface area (Å²) < 4.78 is 0. The van der Waals surface area contributed by atoms with Crippen LogP contribution in [0.2, 0.25) is 0 Å². The van der Waals surface area contributed by atoms with Crippen molar-refractivity contribution in [1.82, 2.24) is 10.6 Å². The van der Waals surface area contributed by atoms with E-state index >= 15 is 0 Å². The fraction of sp³-hybridized carbons (Fsp3) is 0.562. The fourth-order valence-corrected chi connectivity index (χ4v) is 1.97. The molecule has 0 amide bonds. The lowest BCUT2D eigenvalue weighted by atomic mass is 9.97. The first-order valence-electron chi connectivity index (χ1n) is 7.23. The Bertz CT molecular complexity index is 373. The topological polar surface area (TPSA) is 36.4 Å². The number of hydrogen-bond donors (Lipinski definition) is 2. The number of guanidine groups is 1. The van der Waals surface area contributed by atoms with Crippen molar-refractivity contribution in [3.63, 3.8) is 0 Å². The Labute approximate surface area is 117 Å². The largest absolute Gasteiger partial charge is 0.356 e. The predicted molar refractivity (Wildman–Crippen MR) is 83.7 cm³/mol. The van der Waals surface area contributed by atoms with Crippen molar-refractivity contribution < 1.29 is 0 Å². The summed E-state index contributed by atoms with van der Waals surface area (Å²) in [7, 11) is 1.82. The molecule has 2 unspecified atom stereocenters. The highest BCUT2D eigenvalue weighted by Crippen LogP contribution is 2.17. The SMILES string of the molecule is CCC(C)NC(=NC)NCC(CC)c1ccccc1. The van der Waals surface area contributed by atoms with Crippen LogP contribution < -0.4 is 10.6 Å². The summed E-state index contributed by atoms with van der Waals surface area (Å²) in [6.07, 6.45) is 2.22. The maximum atomic E-state index is 4.27. The summed E-state index contributed by atoms with van der Waals surface area (Å²) in [4.78, 5) is 4.27. The monoisotopic (exact) mass is 261 g/mol. The minimum absolute atomic E-state index is 0.447. The van der Waals surface area contributed by atoms with Crippen molar-refractivity contribution in [2.24, 2.45) is 4.99 Å². The Morgan fingerprint density at radius 1 is 1.16 bits per heavy atom. The lowest BCUT2D eigenvalue weighted by Gasteiger charge is -2.20. The molecule has 3 heteroatoms. The second-order valence-corrected chi connectivity index (χ2v) is 4.92. The van der Waals surface area contributed by atoms with Gasteiger partial charge in [-0.05, 0) is 25.3 Å². The molecule has 0 aliphatic heterocycles. The van der Waals surface area contributed by atoms with Gasteiger partial charge in [0.25, 0.3) is 0 Å². The number of hydrogen-bond acceptors (Lipinski definition) is 1. The molecule has 0 saturated heterocycles. The van der Waals surface area contributed by atoms with E-state index in [0.717, 1.165) is 25.3 Å². The Morgan fingerprint density at radius 3 is 2.37 bits per heavy atom. The van der Waals surface area contributed by atoms with Crippen LogP contribution in [-0.4, -0.2) is 25.6 Å². The fourth-order valence-electron chi connectivity index (χ4n) is 1.97. The van der Waals surface area contributed by atoms with E-state index < -0.39 is 0 Å². The lowest BCUT2D eigenvalue weighted by molar-refractivity contribution is 0.597. The number of rotatable bonds is 6. The van der Waals surface area contributed by atoms with Gasteiger partial charge >= 0.3 is 0 Å². The van der Waals surface area contributed by atoms with Crippen LogP contribution in [-0.2, 0) is 0 Å². The van der Waals surface area contributed by atoms with E-state index in [0.29, 0.717) is 12.0 Å². The third-order valence-electron chi connectivity index (χ3n) is 3.50. The van der Waals surface area contributed by atoms with E-state index in [2.05, 4.69) is 66.7 Å². The van der Waals surface area contributed by atoms with E-state index in [4.69, 9.17) is 0 Å². The van der Waals surface area contributed by atoms with E-state index in [1.807, 2.05) is 7.05 Å². The van der Waals surface area contributed by atoms with Crippen LogP contribution in [0.15, 0.2) is 35.3 Å². The van der Waals surface area contributed by atoms with Gasteiger partial charge < -0.3 is 10.6 Å². The molecule has 19 heavy (non-hydrogen) atoms. The highest BCUT2D eigenvalue weighted by Gasteiger charge is 2.10. The summed E-state index contributed by atoms with van der Waals surface area (Å²) >= 11 is 0. The van der Waals surface area contributed by atoms with Crippen LogP contribution in [0.5, 0.6) is 0 Å². The zero-order valence-corrected chi connectivity index (χ0v) is 12.6. The molecule has 2 atom stereocenters. The van der Waals surface area contributed by atoms with Gasteiger partial charge in [0.2, 0.25) is 0 Å². The van der Waals surface area contributed by atoms with Gasteiger partial charge in [0.1, 0.15) is 0 Å². The predicted octanol–water partition coefficient (Wildman–Crippen LogP) is 3.14. The van der Waals surface area contributed by atoms with Crippen LogP contribution in [0.3, 0.4) is 0 Å². The first-order valence-corrected chi connectivity index (χ1v) is 7.23. The zero-order valence-electron chi connectivity index (χ0n) is 12.6. The van der Waals surface area contributed by atoms with Crippen molar-refractivity contribution in [1.29, 1.82) is 0 Å². The Balaban J connectivity index is 2.53. The van der Waals surface area contributed by atoms with Gasteiger partial charge in [-0.3, -0.25) is 4.99 Å². The summed E-state index contributed by atoms with van der Waals surface area (Å²) in [6, 6.07) is 11.1. The first-order chi connectivity index (χ1) is 9.21. The zero-order chi connectivity index (χ0) is 14.1. The van der Waals surface area contributed by atoms with Gasteiger partial charge in [-0.15, -0.1) is 0 Å². The molecule has 3 nitrogen and oxygen atoms in total. The molecule has 0 aromatic heterocycles. The lowest BCUT2D eigenvalue weighted by Crippen LogP contribution is -2.43. The van der Waals surface area contributed by atoms with Crippen LogP contribution in [0, 0.1) is 0 Å². The number of aliphatic imine (C=N–C) groups is 1. The molecule has 0 fully saturated rings. The molecule has 0 bridgehead atoms. The van der Waals surface area contributed by atoms with E-state index in [1.165, 1.54) is 5.56 Å². The molecule has 0 radical (unpaired) electrons. The summed E-state index contributed by atoms with van der Waals surface area (Å²) in [6.45, 7) is 7.48. The highest BCUT2D eigenvalue weighted by atomic mass is 15.2. The van der Waals surface area contributed by atoms with Gasteiger partial charge in [-0.25, -0.2) is 0 Å². The maximum Gasteiger partial charge on any atom is 0.191 e. The molecule has 106 valence electrons. The third-order valence-corrected chi connectivity index (χ3v) is 3.50. The minimum atomic E-state index is 0.447. The quantitative estimate of drug-likeness (QED) is 0.609. The molecule has 2 N–H and O–H groups in total. The van der Waals surface area contributed by atoms with E-state index in [1.54, 1.807) is 0 Å². The molecule has 0 aliphatic carbocycles. The molecule has 0 spiro atoms. The number of benzene rings is 1. The van der Waals surface area contributed by atoms with Gasteiger partial charge in [0, 0.05) is 25.6 Å². The summed E-state index contributed by atoms with van der Waals surface area (Å²) in [5, 5.41) is 6.81. The van der Waals surface area contributed by atoms with Crippen molar-refractivity contribution in [3.8, 4) is 0 Å². The van der Waals surface area contributed by atoms with Crippen molar-refractivity contribution >= 4 is 5.96 Å². The maximum absolute atomic E-state index is 4.27. The molecule has 1 aromatic rings. The third kappa shape index (κ3) is 5.33.